The molecule has 4 nitrogen and oxygen atoms in total. The largest absolute Gasteiger partial charge is 0.392 e. The van der Waals surface area contributed by atoms with Crippen LogP contribution in [0.2, 0.25) is 0 Å². The van der Waals surface area contributed by atoms with E-state index in [1.807, 2.05) is 13.8 Å². The van der Waals surface area contributed by atoms with Gasteiger partial charge in [0, 0.05) is 13.1 Å². The van der Waals surface area contributed by atoms with Gasteiger partial charge in [-0.1, -0.05) is 38.1 Å². The maximum absolute atomic E-state index is 12.2. The van der Waals surface area contributed by atoms with E-state index in [0.29, 0.717) is 13.1 Å². The first-order chi connectivity index (χ1) is 8.53. The lowest BCUT2D eigenvalue weighted by atomic mass is 10.2. The summed E-state index contributed by atoms with van der Waals surface area (Å²) in [6.45, 7) is 4.86. The van der Waals surface area contributed by atoms with Gasteiger partial charge in [-0.2, -0.15) is 0 Å². The van der Waals surface area contributed by atoms with Crippen molar-refractivity contribution < 1.29 is 13.5 Å². The predicted molar refractivity (Wildman–Crippen MR) is 72.5 cm³/mol. The zero-order chi connectivity index (χ0) is 13.6. The highest BCUT2D eigenvalue weighted by molar-refractivity contribution is 7.88. The van der Waals surface area contributed by atoms with Crippen LogP contribution in [-0.4, -0.2) is 30.9 Å². The summed E-state index contributed by atoms with van der Waals surface area (Å²) < 4.78 is 25.8. The summed E-state index contributed by atoms with van der Waals surface area (Å²) in [5.74, 6) is 0.0204. The fourth-order valence-corrected chi connectivity index (χ4v) is 3.44. The van der Waals surface area contributed by atoms with Crippen molar-refractivity contribution in [3.05, 3.63) is 35.4 Å². The van der Waals surface area contributed by atoms with Gasteiger partial charge in [0.05, 0.1) is 12.4 Å². The van der Waals surface area contributed by atoms with Gasteiger partial charge in [0.2, 0.25) is 10.0 Å². The van der Waals surface area contributed by atoms with E-state index in [2.05, 4.69) is 0 Å². The number of aliphatic hydroxyl groups is 1. The van der Waals surface area contributed by atoms with Crippen molar-refractivity contribution in [3.63, 3.8) is 0 Å². The lowest BCUT2D eigenvalue weighted by Crippen LogP contribution is -2.32. The molecule has 0 unspecified atom stereocenters. The van der Waals surface area contributed by atoms with Crippen molar-refractivity contribution in [2.24, 2.45) is 0 Å². The van der Waals surface area contributed by atoms with E-state index in [0.717, 1.165) is 17.5 Å². The first-order valence-electron chi connectivity index (χ1n) is 6.20. The summed E-state index contributed by atoms with van der Waals surface area (Å²) in [6, 6.07) is 7.01. The Balaban J connectivity index is 2.80. The number of aliphatic hydroxyl groups excluding tert-OH is 1. The van der Waals surface area contributed by atoms with Crippen LogP contribution in [0.15, 0.2) is 24.3 Å². The summed E-state index contributed by atoms with van der Waals surface area (Å²) in [7, 11) is -3.24. The number of rotatable bonds is 7. The molecule has 5 heteroatoms. The van der Waals surface area contributed by atoms with E-state index >= 15 is 0 Å². The standard InChI is InChI=1S/C13H21NO3S/c1-3-9-14(4-2)18(16,17)11-13-7-5-12(10-15)6-8-13/h5-8,15H,3-4,9-11H2,1-2H3. The normalized spacial score (nSPS) is 12.0. The molecular formula is C13H21NO3S. The van der Waals surface area contributed by atoms with Crippen LogP contribution in [-0.2, 0) is 22.4 Å². The second-order valence-corrected chi connectivity index (χ2v) is 6.19. The van der Waals surface area contributed by atoms with E-state index in [-0.39, 0.29) is 12.4 Å². The molecule has 1 aromatic rings. The Kier molecular flexibility index (Phi) is 5.78. The molecule has 0 heterocycles. The van der Waals surface area contributed by atoms with Gasteiger partial charge in [0.15, 0.2) is 0 Å². The Morgan fingerprint density at radius 1 is 1.11 bits per heavy atom. The average Bonchev–Trinajstić information content (AvgIpc) is 2.36. The van der Waals surface area contributed by atoms with Gasteiger partial charge in [0.25, 0.3) is 0 Å². The molecule has 102 valence electrons. The number of hydrogen-bond donors (Lipinski definition) is 1. The third kappa shape index (κ3) is 4.08. The van der Waals surface area contributed by atoms with Gasteiger partial charge in [0.1, 0.15) is 0 Å². The van der Waals surface area contributed by atoms with E-state index in [9.17, 15) is 8.42 Å². The molecule has 0 spiro atoms. The number of benzene rings is 1. The predicted octanol–water partition coefficient (Wildman–Crippen LogP) is 1.74. The molecule has 0 aliphatic heterocycles. The van der Waals surface area contributed by atoms with Crippen LogP contribution < -0.4 is 0 Å². The van der Waals surface area contributed by atoms with Crippen LogP contribution in [0.25, 0.3) is 0 Å². The highest BCUT2D eigenvalue weighted by atomic mass is 32.2. The van der Waals surface area contributed by atoms with E-state index in [1.165, 1.54) is 4.31 Å². The molecule has 1 aromatic carbocycles. The lowest BCUT2D eigenvalue weighted by molar-refractivity contribution is 0.282. The van der Waals surface area contributed by atoms with Gasteiger partial charge in [-0.25, -0.2) is 12.7 Å². The third-order valence-electron chi connectivity index (χ3n) is 2.77. The first-order valence-corrected chi connectivity index (χ1v) is 7.81. The van der Waals surface area contributed by atoms with Crippen LogP contribution in [0.3, 0.4) is 0 Å². The summed E-state index contributed by atoms with van der Waals surface area (Å²) in [4.78, 5) is 0. The first kappa shape index (κ1) is 15.1. The van der Waals surface area contributed by atoms with Crippen molar-refractivity contribution in [1.82, 2.24) is 4.31 Å². The summed E-state index contributed by atoms with van der Waals surface area (Å²) in [6.07, 6.45) is 0.816. The average molecular weight is 271 g/mol. The van der Waals surface area contributed by atoms with Crippen LogP contribution in [0.1, 0.15) is 31.4 Å². The van der Waals surface area contributed by atoms with Crippen LogP contribution in [0.5, 0.6) is 0 Å². The number of hydrogen-bond acceptors (Lipinski definition) is 3. The zero-order valence-electron chi connectivity index (χ0n) is 11.0. The van der Waals surface area contributed by atoms with E-state index in [4.69, 9.17) is 5.11 Å². The maximum Gasteiger partial charge on any atom is 0.218 e. The van der Waals surface area contributed by atoms with Crippen LogP contribution in [0.4, 0.5) is 0 Å². The summed E-state index contributed by atoms with van der Waals surface area (Å²) in [5, 5.41) is 8.93. The molecule has 0 fully saturated rings. The molecule has 1 rings (SSSR count). The zero-order valence-corrected chi connectivity index (χ0v) is 11.8. The van der Waals surface area contributed by atoms with Gasteiger partial charge >= 0.3 is 0 Å². The minimum Gasteiger partial charge on any atom is -0.392 e. The Labute approximate surface area is 109 Å². The molecular weight excluding hydrogens is 250 g/mol. The Bertz CT molecular complexity index is 454. The summed E-state index contributed by atoms with van der Waals surface area (Å²) in [5.41, 5.74) is 1.54. The molecule has 0 saturated carbocycles. The smallest absolute Gasteiger partial charge is 0.218 e. The minimum absolute atomic E-state index is 0.0204. The SMILES string of the molecule is CCCN(CC)S(=O)(=O)Cc1ccc(CO)cc1. The molecule has 0 amide bonds. The highest BCUT2D eigenvalue weighted by Crippen LogP contribution is 2.12. The quantitative estimate of drug-likeness (QED) is 0.822. The van der Waals surface area contributed by atoms with Crippen LogP contribution in [0, 0.1) is 0 Å². The Morgan fingerprint density at radius 2 is 1.67 bits per heavy atom. The van der Waals surface area contributed by atoms with Crippen molar-refractivity contribution in [1.29, 1.82) is 0 Å². The van der Waals surface area contributed by atoms with Crippen molar-refractivity contribution in [3.8, 4) is 0 Å². The molecule has 0 radical (unpaired) electrons. The third-order valence-corrected chi connectivity index (χ3v) is 4.70. The lowest BCUT2D eigenvalue weighted by Gasteiger charge is -2.19. The van der Waals surface area contributed by atoms with E-state index < -0.39 is 10.0 Å². The number of sulfonamides is 1. The molecule has 0 aliphatic rings. The van der Waals surface area contributed by atoms with Gasteiger partial charge in [-0.05, 0) is 17.5 Å². The van der Waals surface area contributed by atoms with Crippen molar-refractivity contribution >= 4 is 10.0 Å². The minimum atomic E-state index is -3.24. The molecule has 0 aromatic heterocycles. The van der Waals surface area contributed by atoms with Crippen LogP contribution >= 0.6 is 0 Å². The molecule has 0 bridgehead atoms. The van der Waals surface area contributed by atoms with Gasteiger partial charge < -0.3 is 5.11 Å². The maximum atomic E-state index is 12.2. The molecule has 18 heavy (non-hydrogen) atoms. The fraction of sp³-hybridized carbons (Fsp3) is 0.538. The Hall–Kier alpha value is -0.910. The fourth-order valence-electron chi connectivity index (χ4n) is 1.79. The molecule has 0 aliphatic carbocycles. The highest BCUT2D eigenvalue weighted by Gasteiger charge is 2.19. The van der Waals surface area contributed by atoms with Gasteiger partial charge in [-0.15, -0.1) is 0 Å². The molecule has 0 atom stereocenters. The molecule has 0 saturated heterocycles. The second-order valence-electron chi connectivity index (χ2n) is 4.22. The Morgan fingerprint density at radius 3 is 2.11 bits per heavy atom. The van der Waals surface area contributed by atoms with Gasteiger partial charge in [-0.3, -0.25) is 0 Å². The molecule has 1 N–H and O–H groups in total. The topological polar surface area (TPSA) is 57.6 Å². The number of nitrogens with zero attached hydrogens (tertiary/aromatic N) is 1. The second kappa shape index (κ2) is 6.87. The summed E-state index contributed by atoms with van der Waals surface area (Å²) >= 11 is 0. The van der Waals surface area contributed by atoms with Crippen molar-refractivity contribution in [2.75, 3.05) is 13.1 Å². The van der Waals surface area contributed by atoms with Crippen molar-refractivity contribution in [2.45, 2.75) is 32.6 Å². The monoisotopic (exact) mass is 271 g/mol. The van der Waals surface area contributed by atoms with E-state index in [1.54, 1.807) is 24.3 Å².